The molecule has 0 spiro atoms. The summed E-state index contributed by atoms with van der Waals surface area (Å²) in [6.07, 6.45) is 5.66. The number of aliphatic hydroxyl groups excluding tert-OH is 1. The minimum absolute atomic E-state index is 0.0238. The molecular weight excluding hydrogens is 470 g/mol. The van der Waals surface area contributed by atoms with Crippen LogP contribution in [-0.2, 0) is 30.5 Å². The number of nitrogens with one attached hydrogen (secondary N) is 1. The van der Waals surface area contributed by atoms with Gasteiger partial charge in [-0.1, -0.05) is 26.0 Å². The van der Waals surface area contributed by atoms with E-state index in [0.717, 1.165) is 28.7 Å². The Hall–Kier alpha value is -3.45. The van der Waals surface area contributed by atoms with Crippen LogP contribution in [0.3, 0.4) is 0 Å². The smallest absolute Gasteiger partial charge is 0.163 e. The Morgan fingerprint density at radius 3 is 2.35 bits per heavy atom. The van der Waals surface area contributed by atoms with Gasteiger partial charge in [-0.3, -0.25) is 4.79 Å². The third-order valence-corrected chi connectivity index (χ3v) is 6.71. The number of aromatic nitrogens is 1. The topological polar surface area (TPSA) is 112 Å². The van der Waals surface area contributed by atoms with E-state index in [4.69, 9.17) is 9.47 Å². The highest BCUT2D eigenvalue weighted by molar-refractivity contribution is 5.79. The number of methoxy groups -OCH3 is 2. The second-order valence-electron chi connectivity index (χ2n) is 10.1. The van der Waals surface area contributed by atoms with Gasteiger partial charge < -0.3 is 29.8 Å². The van der Waals surface area contributed by atoms with Crippen LogP contribution in [0, 0.1) is 11.8 Å². The van der Waals surface area contributed by atoms with Crippen LogP contribution in [0.5, 0.6) is 23.0 Å². The van der Waals surface area contributed by atoms with Crippen molar-refractivity contribution in [2.45, 2.75) is 58.5 Å². The lowest BCUT2D eigenvalue weighted by Gasteiger charge is -2.25. The van der Waals surface area contributed by atoms with E-state index in [2.05, 4.69) is 18.8 Å². The number of carbonyl (C=O) groups is 1. The number of benzene rings is 2. The summed E-state index contributed by atoms with van der Waals surface area (Å²) in [6.45, 7) is 4.23. The largest absolute Gasteiger partial charge is 0.504 e. The summed E-state index contributed by atoms with van der Waals surface area (Å²) in [5.74, 6) is 1.13. The van der Waals surface area contributed by atoms with E-state index in [1.165, 1.54) is 7.11 Å². The van der Waals surface area contributed by atoms with Crippen molar-refractivity contribution in [1.29, 1.82) is 0 Å². The number of aromatic hydroxyl groups is 2. The van der Waals surface area contributed by atoms with Crippen LogP contribution in [0.15, 0.2) is 48.8 Å². The Morgan fingerprint density at radius 2 is 1.70 bits per heavy atom. The van der Waals surface area contributed by atoms with E-state index < -0.39 is 6.10 Å². The summed E-state index contributed by atoms with van der Waals surface area (Å²) in [5, 5.41) is 31.4. The molecule has 0 saturated heterocycles. The highest BCUT2D eigenvalue weighted by atomic mass is 16.5. The number of rotatable bonds is 14. The second kappa shape index (κ2) is 13.2. The van der Waals surface area contributed by atoms with Gasteiger partial charge in [-0.15, -0.1) is 0 Å². The summed E-state index contributed by atoms with van der Waals surface area (Å²) in [4.78, 5) is 15.9. The van der Waals surface area contributed by atoms with Crippen molar-refractivity contribution in [3.05, 3.63) is 71.0 Å². The van der Waals surface area contributed by atoms with E-state index in [0.29, 0.717) is 36.7 Å². The molecule has 2 atom stereocenters. The number of Topliss-reactive ketones (excluding diaryl/α,β-unsaturated/α-hetero) is 1. The van der Waals surface area contributed by atoms with Crippen molar-refractivity contribution in [3.8, 4) is 23.0 Å². The van der Waals surface area contributed by atoms with Crippen molar-refractivity contribution in [1.82, 2.24) is 4.98 Å². The van der Waals surface area contributed by atoms with Gasteiger partial charge in [-0.25, -0.2) is 0 Å². The van der Waals surface area contributed by atoms with Gasteiger partial charge in [0.25, 0.3) is 0 Å². The first-order chi connectivity index (χ1) is 17.7. The van der Waals surface area contributed by atoms with E-state index in [-0.39, 0.29) is 36.0 Å². The highest BCUT2D eigenvalue weighted by Gasteiger charge is 2.26. The molecule has 37 heavy (non-hydrogen) atoms. The Labute approximate surface area is 219 Å². The van der Waals surface area contributed by atoms with Crippen molar-refractivity contribution < 1.29 is 29.6 Å². The molecule has 0 amide bonds. The molecule has 0 fully saturated rings. The Balaban J connectivity index is 1.76. The van der Waals surface area contributed by atoms with E-state index in [1.807, 2.05) is 24.5 Å². The van der Waals surface area contributed by atoms with E-state index >= 15 is 0 Å². The molecule has 7 heteroatoms. The minimum atomic E-state index is -0.830. The number of H-pyrrole nitrogens is 1. The quantitative estimate of drug-likeness (QED) is 0.243. The number of hydrogen-bond acceptors (Lipinski definition) is 6. The number of ketones is 1. The van der Waals surface area contributed by atoms with Gasteiger partial charge in [0.15, 0.2) is 23.0 Å². The standard InChI is InChI=1S/C30H39NO6/c1-19(2)13-25-22(7-10-27(34)30(25)37-4)16-23(14-21-11-12-31-18-21)28(35)17-24(32)8-5-20-6-9-26(33)29(15-20)36-3/h6-7,9-12,15,18-19,23,28,31,33-35H,5,8,13-14,16-17H2,1-4H3/t23-,28-/m1/s1. The van der Waals surface area contributed by atoms with Gasteiger partial charge in [0.2, 0.25) is 0 Å². The lowest BCUT2D eigenvalue weighted by molar-refractivity contribution is -0.121. The Morgan fingerprint density at radius 1 is 0.946 bits per heavy atom. The Bertz CT molecular complexity index is 1160. The highest BCUT2D eigenvalue weighted by Crippen LogP contribution is 2.36. The minimum Gasteiger partial charge on any atom is -0.504 e. The monoisotopic (exact) mass is 509 g/mol. The first kappa shape index (κ1) is 28.1. The molecule has 0 bridgehead atoms. The number of phenolic OH excluding ortho intramolecular Hbond substituents is 2. The summed E-state index contributed by atoms with van der Waals surface area (Å²) in [6, 6.07) is 10.6. The molecule has 3 rings (SSSR count). The van der Waals surface area contributed by atoms with Crippen LogP contribution in [0.4, 0.5) is 0 Å². The zero-order valence-electron chi connectivity index (χ0n) is 22.2. The number of carbonyl (C=O) groups excluding carboxylic acids is 1. The molecule has 0 saturated carbocycles. The van der Waals surface area contributed by atoms with Gasteiger partial charge in [-0.05, 0) is 78.5 Å². The van der Waals surface area contributed by atoms with E-state index in [1.54, 1.807) is 31.4 Å². The van der Waals surface area contributed by atoms with Crippen LogP contribution >= 0.6 is 0 Å². The van der Waals surface area contributed by atoms with Crippen molar-refractivity contribution >= 4 is 5.78 Å². The van der Waals surface area contributed by atoms with Gasteiger partial charge in [-0.2, -0.15) is 0 Å². The molecule has 0 aliphatic rings. The fraction of sp³-hybridized carbons (Fsp3) is 0.433. The molecule has 200 valence electrons. The predicted octanol–water partition coefficient (Wildman–Crippen LogP) is 5.00. The molecular formula is C30H39NO6. The summed E-state index contributed by atoms with van der Waals surface area (Å²) >= 11 is 0. The van der Waals surface area contributed by atoms with Crippen molar-refractivity contribution in [2.24, 2.45) is 11.8 Å². The van der Waals surface area contributed by atoms with Crippen LogP contribution in [-0.4, -0.2) is 46.4 Å². The number of aliphatic hydroxyl groups is 1. The lowest BCUT2D eigenvalue weighted by atomic mass is 9.83. The predicted molar refractivity (Wildman–Crippen MR) is 144 cm³/mol. The molecule has 4 N–H and O–H groups in total. The van der Waals surface area contributed by atoms with Crippen LogP contribution in [0.2, 0.25) is 0 Å². The SMILES string of the molecule is COc1cc(CCC(=O)C[C@@H](O)[C@H](Cc2cc[nH]c2)Cc2ccc(O)c(OC)c2CC(C)C)ccc1O. The summed E-state index contributed by atoms with van der Waals surface area (Å²) in [7, 11) is 3.04. The number of hydrogen-bond donors (Lipinski definition) is 4. The molecule has 2 aromatic carbocycles. The molecule has 0 radical (unpaired) electrons. The van der Waals surface area contributed by atoms with Crippen LogP contribution < -0.4 is 9.47 Å². The average Bonchev–Trinajstić information content (AvgIpc) is 3.37. The summed E-state index contributed by atoms with van der Waals surface area (Å²) in [5.41, 5.74) is 3.89. The van der Waals surface area contributed by atoms with Crippen molar-refractivity contribution in [3.63, 3.8) is 0 Å². The lowest BCUT2D eigenvalue weighted by Crippen LogP contribution is -2.28. The first-order valence-corrected chi connectivity index (χ1v) is 12.8. The molecule has 0 aliphatic heterocycles. The van der Waals surface area contributed by atoms with Gasteiger partial charge in [0.1, 0.15) is 5.78 Å². The third kappa shape index (κ3) is 7.76. The average molecular weight is 510 g/mol. The van der Waals surface area contributed by atoms with Gasteiger partial charge in [0.05, 0.1) is 20.3 Å². The Kier molecular flexibility index (Phi) is 10.0. The fourth-order valence-corrected chi connectivity index (χ4v) is 4.79. The normalized spacial score (nSPS) is 12.9. The van der Waals surface area contributed by atoms with Crippen LogP contribution in [0.1, 0.15) is 48.9 Å². The molecule has 7 nitrogen and oxygen atoms in total. The number of aromatic amines is 1. The number of aryl methyl sites for hydroxylation is 1. The number of phenols is 2. The van der Waals surface area contributed by atoms with E-state index in [9.17, 15) is 20.1 Å². The third-order valence-electron chi connectivity index (χ3n) is 6.71. The van der Waals surface area contributed by atoms with Crippen molar-refractivity contribution in [2.75, 3.05) is 14.2 Å². The van der Waals surface area contributed by atoms with Crippen LogP contribution in [0.25, 0.3) is 0 Å². The molecule has 1 heterocycles. The fourth-order valence-electron chi connectivity index (χ4n) is 4.79. The first-order valence-electron chi connectivity index (χ1n) is 12.8. The van der Waals surface area contributed by atoms with Gasteiger partial charge >= 0.3 is 0 Å². The molecule has 1 aromatic heterocycles. The summed E-state index contributed by atoms with van der Waals surface area (Å²) < 4.78 is 10.7. The molecule has 3 aromatic rings. The zero-order valence-corrected chi connectivity index (χ0v) is 22.2. The molecule has 0 unspecified atom stereocenters. The maximum atomic E-state index is 12.9. The second-order valence-corrected chi connectivity index (χ2v) is 10.1. The zero-order chi connectivity index (χ0) is 26.9. The van der Waals surface area contributed by atoms with Gasteiger partial charge in [0, 0.05) is 30.8 Å². The number of ether oxygens (including phenoxy) is 2. The maximum Gasteiger partial charge on any atom is 0.163 e. The maximum absolute atomic E-state index is 12.9. The molecule has 0 aliphatic carbocycles.